The van der Waals surface area contributed by atoms with Crippen molar-refractivity contribution in [1.82, 2.24) is 15.1 Å². The molecule has 1 aromatic heterocycles. The lowest BCUT2D eigenvalue weighted by Gasteiger charge is -2.31. The van der Waals surface area contributed by atoms with Crippen LogP contribution < -0.4 is 5.32 Å². The molecule has 6 nitrogen and oxygen atoms in total. The first-order valence-electron chi connectivity index (χ1n) is 7.65. The van der Waals surface area contributed by atoms with Gasteiger partial charge in [-0.3, -0.25) is 9.59 Å². The van der Waals surface area contributed by atoms with Crippen molar-refractivity contribution in [2.24, 2.45) is 0 Å². The number of likely N-dealkylation sites (N-methyl/N-ethyl adjacent to an activating group) is 1. The molecular weight excluding hydrogens is 314 g/mol. The van der Waals surface area contributed by atoms with E-state index in [0.29, 0.717) is 30.9 Å². The quantitative estimate of drug-likeness (QED) is 0.832. The molecule has 23 heavy (non-hydrogen) atoms. The highest BCUT2D eigenvalue weighted by molar-refractivity contribution is 7.12. The molecule has 7 heteroatoms. The summed E-state index contributed by atoms with van der Waals surface area (Å²) >= 11 is 1.34. The largest absolute Gasteiger partial charge is 0.387 e. The van der Waals surface area contributed by atoms with Gasteiger partial charge >= 0.3 is 0 Å². The van der Waals surface area contributed by atoms with Gasteiger partial charge in [0.05, 0.1) is 17.0 Å². The Labute approximate surface area is 141 Å². The number of β-amino-alcohol motifs (C(OH)–C–C–N with tert-alkyl or cyclic N) is 1. The molecule has 0 spiro atoms. The predicted molar refractivity (Wildman–Crippen MR) is 90.6 cm³/mol. The summed E-state index contributed by atoms with van der Waals surface area (Å²) in [4.78, 5) is 29.1. The standard InChI is InChI=1S/C16H25N3O3S/c1-15(2,17-13(20)12-6-5-9-23-12)14(21)19-8-7-16(22,11-19)10-18(3)4/h5-6,9,22H,7-8,10-11H2,1-4H3,(H,17,20)/t16-/m1/s1. The number of likely N-dealkylation sites (tertiary alicyclic amines) is 1. The zero-order valence-corrected chi connectivity index (χ0v) is 14.9. The number of carbonyl (C=O) groups is 2. The summed E-state index contributed by atoms with van der Waals surface area (Å²) < 4.78 is 0. The molecule has 128 valence electrons. The molecule has 2 rings (SSSR count). The second-order valence-corrected chi connectivity index (χ2v) is 7.94. The van der Waals surface area contributed by atoms with Gasteiger partial charge in [-0.2, -0.15) is 0 Å². The number of nitrogens with zero attached hydrogens (tertiary/aromatic N) is 2. The molecule has 1 atom stereocenters. The fourth-order valence-corrected chi connectivity index (χ4v) is 3.57. The van der Waals surface area contributed by atoms with Crippen LogP contribution in [0.25, 0.3) is 0 Å². The van der Waals surface area contributed by atoms with Crippen molar-refractivity contribution in [3.8, 4) is 0 Å². The molecule has 0 aromatic carbocycles. The second kappa shape index (κ2) is 6.59. The molecule has 2 N–H and O–H groups in total. The first-order valence-corrected chi connectivity index (χ1v) is 8.53. The molecule has 1 aliphatic heterocycles. The van der Waals surface area contributed by atoms with Gasteiger partial charge < -0.3 is 20.2 Å². The first-order chi connectivity index (χ1) is 10.6. The lowest BCUT2D eigenvalue weighted by atomic mass is 10.0. The van der Waals surface area contributed by atoms with Crippen LogP contribution in [0.15, 0.2) is 17.5 Å². The van der Waals surface area contributed by atoms with Crippen molar-refractivity contribution in [1.29, 1.82) is 0 Å². The lowest BCUT2D eigenvalue weighted by molar-refractivity contribution is -0.136. The Morgan fingerprint density at radius 2 is 2.17 bits per heavy atom. The number of carbonyl (C=O) groups excluding carboxylic acids is 2. The van der Waals surface area contributed by atoms with E-state index in [-0.39, 0.29) is 11.8 Å². The summed E-state index contributed by atoms with van der Waals surface area (Å²) in [5.74, 6) is -0.418. The molecule has 0 unspecified atom stereocenters. The van der Waals surface area contributed by atoms with Gasteiger partial charge in [-0.1, -0.05) is 6.07 Å². The number of aliphatic hydroxyl groups is 1. The van der Waals surface area contributed by atoms with E-state index in [9.17, 15) is 14.7 Å². The van der Waals surface area contributed by atoms with Crippen molar-refractivity contribution >= 4 is 23.2 Å². The molecule has 0 bridgehead atoms. The van der Waals surface area contributed by atoms with Crippen molar-refractivity contribution in [3.05, 3.63) is 22.4 Å². The SMILES string of the molecule is CN(C)C[C@]1(O)CCN(C(=O)C(C)(C)NC(=O)c2cccs2)C1. The van der Waals surface area contributed by atoms with Gasteiger partial charge in [0.1, 0.15) is 5.54 Å². The number of hydrogen-bond donors (Lipinski definition) is 2. The summed E-state index contributed by atoms with van der Waals surface area (Å²) in [5, 5.41) is 15.2. The van der Waals surface area contributed by atoms with E-state index in [1.807, 2.05) is 24.4 Å². The molecule has 1 aliphatic rings. The Morgan fingerprint density at radius 1 is 1.48 bits per heavy atom. The van der Waals surface area contributed by atoms with Crippen LogP contribution >= 0.6 is 11.3 Å². The Kier molecular flexibility index (Phi) is 5.13. The van der Waals surface area contributed by atoms with Gasteiger partial charge in [-0.05, 0) is 45.8 Å². The third kappa shape index (κ3) is 4.31. The maximum absolute atomic E-state index is 12.7. The lowest BCUT2D eigenvalue weighted by Crippen LogP contribution is -2.56. The van der Waals surface area contributed by atoms with Crippen LogP contribution in [0.2, 0.25) is 0 Å². The monoisotopic (exact) mass is 339 g/mol. The molecule has 1 aromatic rings. The van der Waals surface area contributed by atoms with Crippen LogP contribution in [-0.2, 0) is 4.79 Å². The van der Waals surface area contributed by atoms with E-state index in [1.54, 1.807) is 30.9 Å². The number of amides is 2. The van der Waals surface area contributed by atoms with Crippen LogP contribution in [0.1, 0.15) is 29.9 Å². The Hall–Kier alpha value is -1.44. The molecule has 0 saturated carbocycles. The normalized spacial score (nSPS) is 21.7. The highest BCUT2D eigenvalue weighted by Gasteiger charge is 2.43. The van der Waals surface area contributed by atoms with Gasteiger partial charge in [0, 0.05) is 13.1 Å². The molecular formula is C16H25N3O3S. The number of nitrogens with one attached hydrogen (secondary N) is 1. The van der Waals surface area contributed by atoms with Gasteiger partial charge in [0.25, 0.3) is 5.91 Å². The molecule has 0 aliphatic carbocycles. The highest BCUT2D eigenvalue weighted by Crippen LogP contribution is 2.24. The fraction of sp³-hybridized carbons (Fsp3) is 0.625. The second-order valence-electron chi connectivity index (χ2n) is 7.00. The maximum Gasteiger partial charge on any atom is 0.262 e. The van der Waals surface area contributed by atoms with Crippen LogP contribution in [0.5, 0.6) is 0 Å². The van der Waals surface area contributed by atoms with Crippen LogP contribution in [0.4, 0.5) is 0 Å². The van der Waals surface area contributed by atoms with E-state index in [4.69, 9.17) is 0 Å². The van der Waals surface area contributed by atoms with E-state index in [1.165, 1.54) is 11.3 Å². The minimum Gasteiger partial charge on any atom is -0.387 e. The summed E-state index contributed by atoms with van der Waals surface area (Å²) in [6.07, 6.45) is 0.547. The van der Waals surface area contributed by atoms with Crippen molar-refractivity contribution in [2.75, 3.05) is 33.7 Å². The predicted octanol–water partition coefficient (Wildman–Crippen LogP) is 0.781. The first kappa shape index (κ1) is 17.9. The van der Waals surface area contributed by atoms with Gasteiger partial charge in [-0.25, -0.2) is 0 Å². The summed E-state index contributed by atoms with van der Waals surface area (Å²) in [7, 11) is 3.79. The van der Waals surface area contributed by atoms with E-state index < -0.39 is 11.1 Å². The Balaban J connectivity index is 2.00. The number of thiophene rings is 1. The summed E-state index contributed by atoms with van der Waals surface area (Å²) in [6, 6.07) is 3.53. The maximum atomic E-state index is 12.7. The average molecular weight is 339 g/mol. The minimum atomic E-state index is -1.01. The summed E-state index contributed by atoms with van der Waals surface area (Å²) in [5.41, 5.74) is -1.89. The van der Waals surface area contributed by atoms with E-state index >= 15 is 0 Å². The van der Waals surface area contributed by atoms with Gasteiger partial charge in [0.15, 0.2) is 0 Å². The van der Waals surface area contributed by atoms with Crippen molar-refractivity contribution in [2.45, 2.75) is 31.4 Å². The van der Waals surface area contributed by atoms with Gasteiger partial charge in [-0.15, -0.1) is 11.3 Å². The van der Waals surface area contributed by atoms with Crippen molar-refractivity contribution < 1.29 is 14.7 Å². The smallest absolute Gasteiger partial charge is 0.262 e. The van der Waals surface area contributed by atoms with Crippen molar-refractivity contribution in [3.63, 3.8) is 0 Å². The summed E-state index contributed by atoms with van der Waals surface area (Å²) in [6.45, 7) is 4.71. The highest BCUT2D eigenvalue weighted by atomic mass is 32.1. The minimum absolute atomic E-state index is 0.169. The molecule has 2 heterocycles. The van der Waals surface area contributed by atoms with E-state index in [0.717, 1.165) is 0 Å². The molecule has 1 saturated heterocycles. The van der Waals surface area contributed by atoms with E-state index in [2.05, 4.69) is 5.32 Å². The van der Waals surface area contributed by atoms with Crippen LogP contribution in [0, 0.1) is 0 Å². The Morgan fingerprint density at radius 3 is 2.74 bits per heavy atom. The number of hydrogen-bond acceptors (Lipinski definition) is 5. The van der Waals surface area contributed by atoms with Crippen LogP contribution in [-0.4, -0.2) is 71.6 Å². The zero-order valence-electron chi connectivity index (χ0n) is 14.1. The fourth-order valence-electron chi connectivity index (χ4n) is 2.95. The molecule has 2 amide bonds. The van der Waals surface area contributed by atoms with Crippen LogP contribution in [0.3, 0.4) is 0 Å². The number of rotatable bonds is 5. The molecule has 1 fully saturated rings. The topological polar surface area (TPSA) is 72.9 Å². The van der Waals surface area contributed by atoms with Gasteiger partial charge in [0.2, 0.25) is 5.91 Å². The third-order valence-corrected chi connectivity index (χ3v) is 4.80. The average Bonchev–Trinajstić information content (AvgIpc) is 3.06. The Bertz CT molecular complexity index is 571. The molecule has 0 radical (unpaired) electrons. The third-order valence-electron chi connectivity index (χ3n) is 3.94. The zero-order chi connectivity index (χ0) is 17.3.